The molecule has 15 nitrogen and oxygen atoms in total. The number of aryl methyl sites for hydroxylation is 1. The molecule has 2 aromatic rings. The zero-order valence-corrected chi connectivity index (χ0v) is 29.6. The Hall–Kier alpha value is -4.25. The van der Waals surface area contributed by atoms with Crippen molar-refractivity contribution in [3.8, 4) is 10.4 Å². The summed E-state index contributed by atoms with van der Waals surface area (Å²) in [6.07, 6.45) is -0.982. The maximum Gasteiger partial charge on any atom is 0.335 e. The van der Waals surface area contributed by atoms with Gasteiger partial charge in [0.2, 0.25) is 17.7 Å². The molecule has 5 amide bonds. The average Bonchev–Trinajstić information content (AvgIpc) is 3.77. The number of rotatable bonds is 16. The number of β-amino-alcohol motifs (C(OH)–C–C–N with tert-alkyl or cyclic N) is 1. The first-order valence-corrected chi connectivity index (χ1v) is 17.4. The van der Waals surface area contributed by atoms with Crippen LogP contribution in [0.1, 0.15) is 64.1 Å². The Bertz CT molecular complexity index is 1520. The standard InChI is InChI=1S/C34H45N5O10S/c1-21-30(50-20-36-21)23-7-5-22(6-8-23)18-35-32(45)25-17-24(40)19-38(25)33(46)31(34(2,3)4)37-26(41)11-13-47-15-16-48-14-12-29(44)49-39-27(42)9-10-28(39)43/h5-8,20,24-25,31,40H,9-19H2,1-4H3,(H,35,45)(H,37,41)/t24-,25+,31-/m1/s1. The molecule has 0 aliphatic carbocycles. The van der Waals surface area contributed by atoms with E-state index in [2.05, 4.69) is 15.6 Å². The summed E-state index contributed by atoms with van der Waals surface area (Å²) in [4.78, 5) is 86.2. The van der Waals surface area contributed by atoms with Crippen LogP contribution in [0.15, 0.2) is 29.8 Å². The second-order valence-electron chi connectivity index (χ2n) is 13.2. The highest BCUT2D eigenvalue weighted by Crippen LogP contribution is 2.28. The predicted octanol–water partition coefficient (Wildman–Crippen LogP) is 1.65. The fourth-order valence-electron chi connectivity index (χ4n) is 5.46. The number of carbonyl (C=O) groups is 6. The van der Waals surface area contributed by atoms with Gasteiger partial charge in [0.1, 0.15) is 12.1 Å². The van der Waals surface area contributed by atoms with Crippen molar-refractivity contribution in [2.45, 2.75) is 84.5 Å². The molecule has 16 heteroatoms. The normalized spacial score (nSPS) is 18.3. The molecular formula is C34H45N5O10S. The van der Waals surface area contributed by atoms with E-state index in [0.29, 0.717) is 5.06 Å². The lowest BCUT2D eigenvalue weighted by Crippen LogP contribution is -2.57. The zero-order valence-electron chi connectivity index (χ0n) is 28.8. The predicted molar refractivity (Wildman–Crippen MR) is 180 cm³/mol. The molecule has 50 heavy (non-hydrogen) atoms. The first kappa shape index (κ1) is 38.6. The molecule has 0 bridgehead atoms. The number of nitrogens with zero attached hydrogens (tertiary/aromatic N) is 3. The van der Waals surface area contributed by atoms with Gasteiger partial charge in [0.05, 0.1) is 55.0 Å². The summed E-state index contributed by atoms with van der Waals surface area (Å²) >= 11 is 1.56. The van der Waals surface area contributed by atoms with Crippen molar-refractivity contribution in [2.75, 3.05) is 33.0 Å². The van der Waals surface area contributed by atoms with Gasteiger partial charge in [0.15, 0.2) is 0 Å². The van der Waals surface area contributed by atoms with Crippen LogP contribution >= 0.6 is 11.3 Å². The molecule has 2 saturated heterocycles. The van der Waals surface area contributed by atoms with Crippen LogP contribution in [-0.4, -0.2) is 107 Å². The van der Waals surface area contributed by atoms with Crippen molar-refractivity contribution in [2.24, 2.45) is 5.41 Å². The molecule has 2 aliphatic heterocycles. The number of imide groups is 1. The van der Waals surface area contributed by atoms with Gasteiger partial charge in [-0.3, -0.25) is 24.0 Å². The highest BCUT2D eigenvalue weighted by atomic mass is 32.1. The Kier molecular flexibility index (Phi) is 13.6. The second kappa shape index (κ2) is 17.6. The molecule has 0 saturated carbocycles. The van der Waals surface area contributed by atoms with Crippen molar-refractivity contribution in [3.05, 3.63) is 41.0 Å². The van der Waals surface area contributed by atoms with Gasteiger partial charge in [-0.05, 0) is 23.5 Å². The molecule has 0 unspecified atom stereocenters. The Morgan fingerprint density at radius 2 is 1.64 bits per heavy atom. The minimum atomic E-state index is -0.965. The number of aromatic nitrogens is 1. The first-order chi connectivity index (χ1) is 23.7. The van der Waals surface area contributed by atoms with Gasteiger partial charge in [-0.2, -0.15) is 0 Å². The summed E-state index contributed by atoms with van der Waals surface area (Å²) < 4.78 is 10.8. The number of nitrogens with one attached hydrogen (secondary N) is 2. The number of likely N-dealkylation sites (tertiary alicyclic amines) is 1. The third kappa shape index (κ3) is 10.6. The number of hydrogen-bond donors (Lipinski definition) is 3. The smallest absolute Gasteiger partial charge is 0.335 e. The fourth-order valence-corrected chi connectivity index (χ4v) is 6.27. The molecule has 0 radical (unpaired) electrons. The third-order valence-corrected chi connectivity index (χ3v) is 9.18. The van der Waals surface area contributed by atoms with E-state index in [0.717, 1.165) is 21.7 Å². The molecule has 3 heterocycles. The lowest BCUT2D eigenvalue weighted by atomic mass is 9.85. The van der Waals surface area contributed by atoms with E-state index in [1.54, 1.807) is 37.6 Å². The lowest BCUT2D eigenvalue weighted by Gasteiger charge is -2.35. The van der Waals surface area contributed by atoms with Crippen molar-refractivity contribution < 1.29 is 48.2 Å². The fraction of sp³-hybridized carbons (Fsp3) is 0.559. The molecule has 2 aliphatic rings. The van der Waals surface area contributed by atoms with Crippen molar-refractivity contribution in [1.82, 2.24) is 25.6 Å². The van der Waals surface area contributed by atoms with E-state index in [1.807, 2.05) is 31.2 Å². The van der Waals surface area contributed by atoms with Crippen LogP contribution in [0.3, 0.4) is 0 Å². The van der Waals surface area contributed by atoms with Crippen LogP contribution in [0.4, 0.5) is 0 Å². The Balaban J connectivity index is 1.19. The largest absolute Gasteiger partial charge is 0.391 e. The summed E-state index contributed by atoms with van der Waals surface area (Å²) in [7, 11) is 0. The average molecular weight is 716 g/mol. The quantitative estimate of drug-likeness (QED) is 0.169. The van der Waals surface area contributed by atoms with Gasteiger partial charge >= 0.3 is 5.97 Å². The summed E-state index contributed by atoms with van der Waals surface area (Å²) in [6.45, 7) is 7.86. The van der Waals surface area contributed by atoms with Crippen LogP contribution in [-0.2, 0) is 49.6 Å². The van der Waals surface area contributed by atoms with Crippen LogP contribution in [0.2, 0.25) is 0 Å². The molecule has 0 spiro atoms. The van der Waals surface area contributed by atoms with E-state index in [-0.39, 0.29) is 77.5 Å². The number of aliphatic hydroxyl groups excluding tert-OH is 1. The van der Waals surface area contributed by atoms with Crippen LogP contribution in [0.25, 0.3) is 10.4 Å². The Labute approximate surface area is 294 Å². The van der Waals surface area contributed by atoms with Gasteiger partial charge in [-0.25, -0.2) is 9.78 Å². The number of ether oxygens (including phenoxy) is 2. The van der Waals surface area contributed by atoms with Gasteiger partial charge < -0.3 is 35.0 Å². The van der Waals surface area contributed by atoms with Crippen LogP contribution in [0.5, 0.6) is 0 Å². The third-order valence-electron chi connectivity index (χ3n) is 8.21. The monoisotopic (exact) mass is 715 g/mol. The van der Waals surface area contributed by atoms with Crippen LogP contribution in [0, 0.1) is 12.3 Å². The van der Waals surface area contributed by atoms with Gasteiger partial charge in [-0.15, -0.1) is 16.4 Å². The number of amides is 5. The molecule has 2 fully saturated rings. The first-order valence-electron chi connectivity index (χ1n) is 16.5. The number of thiazole rings is 1. The van der Waals surface area contributed by atoms with Gasteiger partial charge in [0, 0.05) is 38.8 Å². The molecule has 272 valence electrons. The number of hydrogen-bond acceptors (Lipinski definition) is 12. The van der Waals surface area contributed by atoms with E-state index in [9.17, 15) is 33.9 Å². The number of benzene rings is 1. The minimum absolute atomic E-state index is 0.0130. The summed E-state index contributed by atoms with van der Waals surface area (Å²) in [5, 5.41) is 16.6. The van der Waals surface area contributed by atoms with Gasteiger partial charge in [0.25, 0.3) is 11.8 Å². The number of hydroxylamine groups is 2. The molecule has 4 rings (SSSR count). The van der Waals surface area contributed by atoms with E-state index in [4.69, 9.17) is 14.3 Å². The van der Waals surface area contributed by atoms with E-state index in [1.165, 1.54) is 4.90 Å². The lowest BCUT2D eigenvalue weighted by molar-refractivity contribution is -0.198. The second-order valence-corrected chi connectivity index (χ2v) is 14.1. The molecule has 1 aromatic carbocycles. The van der Waals surface area contributed by atoms with Crippen molar-refractivity contribution in [1.29, 1.82) is 0 Å². The molecule has 3 N–H and O–H groups in total. The summed E-state index contributed by atoms with van der Waals surface area (Å²) in [5.41, 5.74) is 3.97. The summed E-state index contributed by atoms with van der Waals surface area (Å²) in [6, 6.07) is 5.94. The zero-order chi connectivity index (χ0) is 36.4. The van der Waals surface area contributed by atoms with Crippen molar-refractivity contribution >= 4 is 46.8 Å². The minimum Gasteiger partial charge on any atom is -0.391 e. The topological polar surface area (TPSA) is 194 Å². The number of carbonyl (C=O) groups excluding carboxylic acids is 6. The SMILES string of the molecule is Cc1ncsc1-c1ccc(CNC(=O)[C@@H]2C[C@@H](O)CN2C(=O)[C@@H](NC(=O)CCOCCOCCC(=O)ON2C(=O)CCC2=O)C(C)(C)C)cc1. The van der Waals surface area contributed by atoms with E-state index >= 15 is 0 Å². The highest BCUT2D eigenvalue weighted by molar-refractivity contribution is 7.13. The van der Waals surface area contributed by atoms with Crippen LogP contribution < -0.4 is 10.6 Å². The molecule has 3 atom stereocenters. The Morgan fingerprint density at radius 1 is 1.00 bits per heavy atom. The highest BCUT2D eigenvalue weighted by Gasteiger charge is 2.44. The Morgan fingerprint density at radius 3 is 2.24 bits per heavy atom. The number of aliphatic hydroxyl groups is 1. The maximum absolute atomic E-state index is 13.8. The summed E-state index contributed by atoms with van der Waals surface area (Å²) in [5.74, 6) is -3.16. The molecular weight excluding hydrogens is 670 g/mol. The van der Waals surface area contributed by atoms with Gasteiger partial charge in [-0.1, -0.05) is 45.0 Å². The van der Waals surface area contributed by atoms with E-state index < -0.39 is 53.2 Å². The molecule has 1 aromatic heterocycles. The maximum atomic E-state index is 13.8. The van der Waals surface area contributed by atoms with Crippen molar-refractivity contribution in [3.63, 3.8) is 0 Å².